The fraction of sp³-hybridized carbons (Fsp3) is 0.889. The highest BCUT2D eigenvalue weighted by Crippen LogP contribution is 2.21. The molecule has 0 saturated heterocycles. The van der Waals surface area contributed by atoms with E-state index in [-0.39, 0.29) is 5.41 Å². The Balaban J connectivity index is 4.09. The van der Waals surface area contributed by atoms with Gasteiger partial charge in [0.1, 0.15) is 0 Å². The van der Waals surface area contributed by atoms with Crippen LogP contribution < -0.4 is 5.32 Å². The summed E-state index contributed by atoms with van der Waals surface area (Å²) in [6.07, 6.45) is -4.28. The summed E-state index contributed by atoms with van der Waals surface area (Å²) in [6.45, 7) is 7.28. The van der Waals surface area contributed by atoms with Crippen LogP contribution in [-0.2, 0) is 4.79 Å². The summed E-state index contributed by atoms with van der Waals surface area (Å²) in [5.74, 6) is -1.87. The Hall–Kier alpha value is -0.740. The van der Waals surface area contributed by atoms with Crippen LogP contribution >= 0.6 is 0 Å². The van der Waals surface area contributed by atoms with Gasteiger partial charge in [0, 0.05) is 6.04 Å². The fourth-order valence-electron chi connectivity index (χ4n) is 1.28. The summed E-state index contributed by atoms with van der Waals surface area (Å²) in [6, 6.07) is -0.468. The van der Waals surface area contributed by atoms with Gasteiger partial charge in [0.15, 0.2) is 0 Å². The van der Waals surface area contributed by atoms with Crippen molar-refractivity contribution in [2.45, 2.75) is 46.3 Å². The van der Waals surface area contributed by atoms with Gasteiger partial charge in [-0.1, -0.05) is 20.8 Å². The first kappa shape index (κ1) is 13.3. The number of carbonyl (C=O) groups excluding carboxylic acids is 1. The van der Waals surface area contributed by atoms with Crippen LogP contribution in [-0.4, -0.2) is 18.1 Å². The van der Waals surface area contributed by atoms with Crippen molar-refractivity contribution >= 4 is 5.91 Å². The minimum atomic E-state index is -4.79. The van der Waals surface area contributed by atoms with Crippen LogP contribution in [0.3, 0.4) is 0 Å². The third kappa shape index (κ3) is 5.83. The monoisotopic (exact) mass is 211 g/mol. The van der Waals surface area contributed by atoms with E-state index in [0.29, 0.717) is 6.42 Å². The molecule has 0 saturated carbocycles. The number of rotatable bonds is 2. The lowest BCUT2D eigenvalue weighted by atomic mass is 9.89. The van der Waals surface area contributed by atoms with Gasteiger partial charge in [-0.25, -0.2) is 0 Å². The molecule has 0 rings (SSSR count). The number of halogens is 3. The minimum absolute atomic E-state index is 0.0989. The van der Waals surface area contributed by atoms with Crippen molar-refractivity contribution in [3.8, 4) is 0 Å². The molecule has 0 aliphatic rings. The molecule has 0 aliphatic carbocycles. The van der Waals surface area contributed by atoms with Crippen molar-refractivity contribution in [2.75, 3.05) is 0 Å². The summed E-state index contributed by atoms with van der Waals surface area (Å²) in [7, 11) is 0. The van der Waals surface area contributed by atoms with E-state index in [1.807, 2.05) is 26.1 Å². The number of hydrogen-bond acceptors (Lipinski definition) is 1. The Morgan fingerprint density at radius 1 is 1.29 bits per heavy atom. The van der Waals surface area contributed by atoms with E-state index in [1.165, 1.54) is 0 Å². The van der Waals surface area contributed by atoms with E-state index in [2.05, 4.69) is 0 Å². The van der Waals surface area contributed by atoms with E-state index in [0.717, 1.165) is 0 Å². The molecule has 2 nitrogen and oxygen atoms in total. The summed E-state index contributed by atoms with van der Waals surface area (Å²) in [4.78, 5) is 10.5. The largest absolute Gasteiger partial charge is 0.471 e. The van der Waals surface area contributed by atoms with Gasteiger partial charge in [0.25, 0.3) is 0 Å². The van der Waals surface area contributed by atoms with Gasteiger partial charge in [-0.05, 0) is 18.8 Å². The molecule has 14 heavy (non-hydrogen) atoms. The number of hydrogen-bond donors (Lipinski definition) is 1. The summed E-state index contributed by atoms with van der Waals surface area (Å²) < 4.78 is 35.5. The second-order valence-electron chi connectivity index (χ2n) is 4.64. The molecule has 0 aromatic heterocycles. The normalized spacial score (nSPS) is 15.1. The lowest BCUT2D eigenvalue weighted by molar-refractivity contribution is -0.174. The first-order chi connectivity index (χ1) is 6.02. The third-order valence-electron chi connectivity index (χ3n) is 1.55. The molecule has 1 unspecified atom stereocenters. The Bertz CT molecular complexity index is 205. The Labute approximate surface area is 81.9 Å². The minimum Gasteiger partial charge on any atom is -0.346 e. The van der Waals surface area contributed by atoms with Crippen LogP contribution in [0.5, 0.6) is 0 Å². The van der Waals surface area contributed by atoms with Crippen molar-refractivity contribution in [3.63, 3.8) is 0 Å². The molecule has 1 amide bonds. The number of alkyl halides is 3. The predicted molar refractivity (Wildman–Crippen MR) is 47.7 cm³/mol. The Morgan fingerprint density at radius 2 is 1.71 bits per heavy atom. The van der Waals surface area contributed by atoms with Crippen molar-refractivity contribution in [1.29, 1.82) is 0 Å². The predicted octanol–water partition coefficient (Wildman–Crippen LogP) is 2.49. The molecule has 0 aliphatic heterocycles. The maximum atomic E-state index is 11.8. The van der Waals surface area contributed by atoms with Crippen molar-refractivity contribution in [3.05, 3.63) is 0 Å². The quantitative estimate of drug-likeness (QED) is 0.747. The second kappa shape index (κ2) is 4.19. The van der Waals surface area contributed by atoms with Crippen molar-refractivity contribution < 1.29 is 18.0 Å². The molecule has 0 aromatic rings. The van der Waals surface area contributed by atoms with Gasteiger partial charge in [0.2, 0.25) is 0 Å². The molecular weight excluding hydrogens is 195 g/mol. The van der Waals surface area contributed by atoms with Gasteiger partial charge >= 0.3 is 12.1 Å². The fourth-order valence-corrected chi connectivity index (χ4v) is 1.28. The second-order valence-corrected chi connectivity index (χ2v) is 4.64. The molecule has 0 aromatic carbocycles. The molecular formula is C9H16F3NO. The molecule has 0 bridgehead atoms. The van der Waals surface area contributed by atoms with Crippen LogP contribution in [0.2, 0.25) is 0 Å². The molecule has 1 N–H and O–H groups in total. The molecule has 0 heterocycles. The van der Waals surface area contributed by atoms with E-state index >= 15 is 0 Å². The van der Waals surface area contributed by atoms with E-state index < -0.39 is 18.1 Å². The molecule has 1 atom stereocenters. The zero-order chi connectivity index (χ0) is 11.6. The smallest absolute Gasteiger partial charge is 0.346 e. The Morgan fingerprint density at radius 3 is 2.00 bits per heavy atom. The average molecular weight is 211 g/mol. The SMILES string of the molecule is CC(CC(C)(C)C)NC(=O)C(F)(F)F. The van der Waals surface area contributed by atoms with Crippen molar-refractivity contribution in [1.82, 2.24) is 5.32 Å². The van der Waals surface area contributed by atoms with E-state index in [9.17, 15) is 18.0 Å². The van der Waals surface area contributed by atoms with Crippen molar-refractivity contribution in [2.24, 2.45) is 5.41 Å². The maximum Gasteiger partial charge on any atom is 0.471 e. The zero-order valence-electron chi connectivity index (χ0n) is 8.83. The van der Waals surface area contributed by atoms with Gasteiger partial charge < -0.3 is 5.32 Å². The Kier molecular flexibility index (Phi) is 3.97. The first-order valence-corrected chi connectivity index (χ1v) is 4.40. The number of amides is 1. The number of nitrogens with one attached hydrogen (secondary N) is 1. The lowest BCUT2D eigenvalue weighted by Crippen LogP contribution is -2.43. The molecule has 84 valence electrons. The topological polar surface area (TPSA) is 29.1 Å². The van der Waals surface area contributed by atoms with Gasteiger partial charge in [-0.2, -0.15) is 13.2 Å². The van der Waals surface area contributed by atoms with E-state index in [4.69, 9.17) is 0 Å². The van der Waals surface area contributed by atoms with Crippen LogP contribution in [0.1, 0.15) is 34.1 Å². The van der Waals surface area contributed by atoms with Crippen LogP contribution in [0.15, 0.2) is 0 Å². The molecule has 0 spiro atoms. The summed E-state index contributed by atoms with van der Waals surface area (Å²) >= 11 is 0. The zero-order valence-corrected chi connectivity index (χ0v) is 8.83. The molecule has 0 fully saturated rings. The molecule has 0 radical (unpaired) electrons. The van der Waals surface area contributed by atoms with Crippen LogP contribution in [0, 0.1) is 5.41 Å². The standard InChI is InChI=1S/C9H16F3NO/c1-6(5-8(2,3)4)13-7(14)9(10,11)12/h6H,5H2,1-4H3,(H,13,14). The van der Waals surface area contributed by atoms with Gasteiger partial charge in [0.05, 0.1) is 0 Å². The summed E-state index contributed by atoms with van der Waals surface area (Å²) in [5, 5.41) is 1.91. The maximum absolute atomic E-state index is 11.8. The highest BCUT2D eigenvalue weighted by molar-refractivity contribution is 5.81. The highest BCUT2D eigenvalue weighted by atomic mass is 19.4. The number of carbonyl (C=O) groups is 1. The molecule has 5 heteroatoms. The van der Waals surface area contributed by atoms with Crippen LogP contribution in [0.25, 0.3) is 0 Å². The summed E-state index contributed by atoms with van der Waals surface area (Å²) in [5.41, 5.74) is -0.0989. The van der Waals surface area contributed by atoms with E-state index in [1.54, 1.807) is 6.92 Å². The lowest BCUT2D eigenvalue weighted by Gasteiger charge is -2.24. The van der Waals surface area contributed by atoms with Gasteiger partial charge in [-0.15, -0.1) is 0 Å². The highest BCUT2D eigenvalue weighted by Gasteiger charge is 2.39. The van der Waals surface area contributed by atoms with Gasteiger partial charge in [-0.3, -0.25) is 4.79 Å². The van der Waals surface area contributed by atoms with Crippen LogP contribution in [0.4, 0.5) is 13.2 Å². The third-order valence-corrected chi connectivity index (χ3v) is 1.55. The first-order valence-electron chi connectivity index (χ1n) is 4.40. The average Bonchev–Trinajstić information content (AvgIpc) is 1.79.